The van der Waals surface area contributed by atoms with Crippen molar-refractivity contribution < 1.29 is 83.9 Å². The Morgan fingerprint density at radius 3 is 1.96 bits per heavy atom. The Morgan fingerprint density at radius 1 is 0.734 bits per heavy atom. The van der Waals surface area contributed by atoms with Crippen molar-refractivity contribution in [3.8, 4) is 22.9 Å². The van der Waals surface area contributed by atoms with Crippen LogP contribution in [0.4, 0.5) is 32.9 Å². The summed E-state index contributed by atoms with van der Waals surface area (Å²) >= 11 is 0.978. The minimum Gasteiger partial charge on any atom is -0.493 e. The number of benzene rings is 5. The quantitative estimate of drug-likeness (QED) is 0.0332. The van der Waals surface area contributed by atoms with Gasteiger partial charge in [-0.15, -0.1) is 55.9 Å². The molecule has 0 bridgehead atoms. The van der Waals surface area contributed by atoms with Crippen LogP contribution >= 0.6 is 11.3 Å². The minimum atomic E-state index is -4.64. The molecule has 0 aliphatic carbocycles. The van der Waals surface area contributed by atoms with E-state index in [-0.39, 0.29) is 80.9 Å². The Labute approximate surface area is 453 Å². The molecule has 0 atom stereocenters. The third kappa shape index (κ3) is 17.6. The number of aromatic nitrogens is 3. The van der Waals surface area contributed by atoms with Gasteiger partial charge in [-0.25, -0.2) is 9.97 Å². The topological polar surface area (TPSA) is 463 Å². The summed E-state index contributed by atoms with van der Waals surface area (Å²) in [7, 11) is -18.8. The molecule has 1 amide bonds. The van der Waals surface area contributed by atoms with Crippen molar-refractivity contribution in [3.05, 3.63) is 119 Å². The lowest BCUT2D eigenvalue weighted by Crippen LogP contribution is -2.15. The number of carbonyl (C=O) groups excluding carboxylic acids is 1. The number of hydrogen-bond donors (Lipinski definition) is 6. The Bertz CT molecular complexity index is 4300. The standard InChI is InChI=1S/C43H36N10O10S3.CH4O3S.2O3S/c1-23-18-32(49-50-37-24(2)36(39(44)55)40-45-29-8-3-5-10-33(29)53(40)42(37)56)34(63-16-7-17-65(57,58)59)21-31(23)48-52-43-46-38(28-15-14-26-19-25(22-54)12-13-27(26)20-28)41(64-43)51-47-30-9-4-6-11-35(30)66(60,61)62;1-5(2,3)4;2*1-4(2)3/h3-6,8-15,18-21,54,56H,7,16-17,22H2,1-2H3,(H2,44,55)(H,57,58,59)(H,60,61,62);1H3,(H,2,3,4);;. The first-order chi connectivity index (χ1) is 36.9. The van der Waals surface area contributed by atoms with Gasteiger partial charge in [-0.3, -0.25) is 22.9 Å². The number of primary amides is 1. The van der Waals surface area contributed by atoms with Crippen LogP contribution in [0, 0.1) is 13.8 Å². The molecule has 5 aromatic carbocycles. The molecule has 0 saturated heterocycles. The molecule has 3 aromatic heterocycles. The Morgan fingerprint density at radius 2 is 1.33 bits per heavy atom. The highest BCUT2D eigenvalue weighted by atomic mass is 32.2. The molecule has 0 radical (unpaired) electrons. The van der Waals surface area contributed by atoms with E-state index in [1.54, 1.807) is 49.4 Å². The molecule has 0 aliphatic rings. The summed E-state index contributed by atoms with van der Waals surface area (Å²) in [5.41, 5.74) is 9.43. The number of aromatic hydroxyl groups is 1. The van der Waals surface area contributed by atoms with Gasteiger partial charge in [-0.1, -0.05) is 59.9 Å². The predicted molar refractivity (Wildman–Crippen MR) is 282 cm³/mol. The number of fused-ring (bicyclic) bond motifs is 4. The molecule has 0 aliphatic heterocycles. The number of imidazole rings is 1. The largest absolute Gasteiger partial charge is 0.493 e. The number of azo groups is 3. The number of nitrogens with zero attached hydrogens (tertiary/aromatic N) is 9. The molecule has 416 valence electrons. The van der Waals surface area contributed by atoms with Crippen LogP contribution in [-0.2, 0) is 58.2 Å². The number of pyridine rings is 1. The van der Waals surface area contributed by atoms with Crippen molar-refractivity contribution in [3.63, 3.8) is 0 Å². The van der Waals surface area contributed by atoms with E-state index >= 15 is 0 Å². The molecule has 3 heterocycles. The van der Waals surface area contributed by atoms with E-state index in [0.717, 1.165) is 27.7 Å². The van der Waals surface area contributed by atoms with Crippen molar-refractivity contribution in [2.75, 3.05) is 18.6 Å². The first kappa shape index (κ1) is 61.6. The Balaban J connectivity index is 0.000000795. The van der Waals surface area contributed by atoms with Gasteiger partial charge in [0.05, 0.1) is 47.5 Å². The van der Waals surface area contributed by atoms with Gasteiger partial charge in [0.15, 0.2) is 10.6 Å². The first-order valence-corrected chi connectivity index (χ1v) is 29.2. The third-order valence-corrected chi connectivity index (χ3v) is 12.6. The SMILES string of the molecule is CS(=O)(=O)O.Cc1cc(N=Nc2c(C)c(C(N)=O)c3nc4ccccc4n3c2O)c(OCCCS(=O)(=O)O)cc1N=Nc1nc(-c2ccc3cc(CO)ccc3c2)c(N=Nc2ccccc2S(=O)(=O)O)s1.O=S(=O)=O.O=S(=O)=O. The summed E-state index contributed by atoms with van der Waals surface area (Å²) in [4.78, 5) is 21.5. The molecule has 8 rings (SSSR count). The van der Waals surface area contributed by atoms with Gasteiger partial charge in [0.1, 0.15) is 33.4 Å². The third-order valence-electron chi connectivity index (χ3n) is 10.1. The van der Waals surface area contributed by atoms with E-state index in [2.05, 4.69) is 35.7 Å². The van der Waals surface area contributed by atoms with Crippen molar-refractivity contribution in [1.29, 1.82) is 0 Å². The summed E-state index contributed by atoms with van der Waals surface area (Å²) in [5, 5.41) is 49.2. The van der Waals surface area contributed by atoms with Gasteiger partial charge in [0.25, 0.3) is 36.3 Å². The number of hydrogen-bond acceptors (Lipinski definition) is 25. The summed E-state index contributed by atoms with van der Waals surface area (Å²) in [6.45, 7) is 2.91. The van der Waals surface area contributed by atoms with Crippen LogP contribution in [0.15, 0.2) is 133 Å². The molecule has 35 heteroatoms. The van der Waals surface area contributed by atoms with Crippen molar-refractivity contribution in [2.45, 2.75) is 31.8 Å². The zero-order chi connectivity index (χ0) is 58.6. The normalized spacial score (nSPS) is 11.8. The summed E-state index contributed by atoms with van der Waals surface area (Å²) in [6, 6.07) is 26.4. The fraction of sp³-hybridized carbons (Fsp3) is 0.159. The van der Waals surface area contributed by atoms with E-state index in [1.165, 1.54) is 41.7 Å². The second-order valence-corrected chi connectivity index (χ2v) is 22.0. The lowest BCUT2D eigenvalue weighted by atomic mass is 10.0. The highest BCUT2D eigenvalue weighted by Gasteiger charge is 2.24. The zero-order valence-corrected chi connectivity index (χ0v) is 45.5. The number of ether oxygens (including phenoxy) is 1. The maximum absolute atomic E-state index is 12.7. The monoisotopic (exact) mass is 1200 g/mol. The molecular formula is C44H40N10O19S6. The van der Waals surface area contributed by atoms with E-state index in [9.17, 15) is 49.4 Å². The highest BCUT2D eigenvalue weighted by molar-refractivity contribution is 7.86. The lowest BCUT2D eigenvalue weighted by molar-refractivity contribution is 0.100. The van der Waals surface area contributed by atoms with Crippen molar-refractivity contribution in [1.82, 2.24) is 14.4 Å². The molecule has 79 heavy (non-hydrogen) atoms. The van der Waals surface area contributed by atoms with Crippen molar-refractivity contribution >= 4 is 129 Å². The maximum atomic E-state index is 12.7. The Kier molecular flexibility index (Phi) is 20.6. The summed E-state index contributed by atoms with van der Waals surface area (Å²) in [6.07, 6.45) is 0.616. The van der Waals surface area contributed by atoms with Crippen LogP contribution in [0.2, 0.25) is 0 Å². The fourth-order valence-corrected chi connectivity index (χ4v) is 8.81. The number of rotatable bonds is 15. The molecule has 29 nitrogen and oxygen atoms in total. The number of para-hydroxylation sites is 2. The van der Waals surface area contributed by atoms with Gasteiger partial charge < -0.3 is 20.7 Å². The van der Waals surface area contributed by atoms with Gasteiger partial charge in [0, 0.05) is 11.6 Å². The number of aliphatic hydroxyl groups excluding tert-OH is 1. The predicted octanol–water partition coefficient (Wildman–Crippen LogP) is 7.32. The molecule has 0 spiro atoms. The van der Waals surface area contributed by atoms with Gasteiger partial charge in [-0.05, 0) is 90.2 Å². The van der Waals surface area contributed by atoms with E-state index in [1.807, 2.05) is 24.3 Å². The second-order valence-electron chi connectivity index (χ2n) is 15.8. The highest BCUT2D eigenvalue weighted by Crippen LogP contribution is 2.44. The number of aryl methyl sites for hydroxylation is 1. The number of aliphatic hydroxyl groups is 1. The van der Waals surface area contributed by atoms with E-state index in [4.69, 9.17) is 45.3 Å². The number of thiazole rings is 1. The molecule has 0 unspecified atom stereocenters. The van der Waals surface area contributed by atoms with Gasteiger partial charge >= 0.3 is 21.2 Å². The van der Waals surface area contributed by atoms with Crippen LogP contribution in [0.5, 0.6) is 11.6 Å². The van der Waals surface area contributed by atoms with Crippen LogP contribution in [0.25, 0.3) is 38.7 Å². The summed E-state index contributed by atoms with van der Waals surface area (Å²) in [5.74, 6) is -1.70. The van der Waals surface area contributed by atoms with E-state index < -0.39 is 68.1 Å². The molecular weight excluding hydrogens is 1160 g/mol. The average Bonchev–Trinajstić information content (AvgIpc) is 4.03. The molecule has 0 fully saturated rings. The first-order valence-electron chi connectivity index (χ1n) is 21.5. The molecule has 7 N–H and O–H groups in total. The molecule has 0 saturated carbocycles. The van der Waals surface area contributed by atoms with E-state index in [0.29, 0.717) is 34.1 Å². The van der Waals surface area contributed by atoms with Crippen LogP contribution in [-0.4, -0.2) is 113 Å². The smallest absolute Gasteiger partial charge is 0.425 e. The zero-order valence-electron chi connectivity index (χ0n) is 40.6. The molecule has 8 aromatic rings. The summed E-state index contributed by atoms with van der Waals surface area (Å²) < 4.78 is 150. The number of amides is 1. The van der Waals surface area contributed by atoms with Crippen molar-refractivity contribution in [2.24, 2.45) is 36.4 Å². The number of nitrogens with two attached hydrogens (primary N) is 1. The maximum Gasteiger partial charge on any atom is 0.425 e. The van der Waals surface area contributed by atoms with Crippen LogP contribution in [0.1, 0.15) is 33.5 Å². The average molecular weight is 1210 g/mol. The Hall–Kier alpha value is -8.26. The van der Waals surface area contributed by atoms with Crippen LogP contribution < -0.4 is 10.5 Å². The van der Waals surface area contributed by atoms with Gasteiger partial charge in [-0.2, -0.15) is 25.3 Å². The lowest BCUT2D eigenvalue weighted by Gasteiger charge is -2.12. The second kappa shape index (κ2) is 26.4. The number of carbonyl (C=O) groups is 1. The minimum absolute atomic E-state index is 0.0155. The van der Waals surface area contributed by atoms with Gasteiger partial charge in [0.2, 0.25) is 11.0 Å². The fourth-order valence-electron chi connectivity index (χ4n) is 6.97. The van der Waals surface area contributed by atoms with Crippen LogP contribution in [0.3, 0.4) is 0 Å².